The van der Waals surface area contributed by atoms with Gasteiger partial charge in [-0.25, -0.2) is 24.9 Å². The summed E-state index contributed by atoms with van der Waals surface area (Å²) in [7, 11) is 1.49. The highest BCUT2D eigenvalue weighted by Crippen LogP contribution is 2.20. The fourth-order valence-corrected chi connectivity index (χ4v) is 1.77. The average molecular weight is 292 g/mol. The maximum absolute atomic E-state index is 11.8. The molecule has 0 spiro atoms. The van der Waals surface area contributed by atoms with Crippen LogP contribution in [0.3, 0.4) is 0 Å². The Morgan fingerprint density at radius 1 is 1.48 bits per heavy atom. The molecular formula is C12H16N6O3. The molecule has 2 heterocycles. The molecule has 21 heavy (non-hydrogen) atoms. The molecule has 0 radical (unpaired) electrons. The lowest BCUT2D eigenvalue weighted by Gasteiger charge is -2.06. The van der Waals surface area contributed by atoms with E-state index in [1.165, 1.54) is 18.1 Å². The monoisotopic (exact) mass is 292 g/mol. The SMILES string of the molecule is CCOC(C)=NC(=O)Nn1c(C)nc2c(OC)ncnc21. The molecule has 2 aromatic rings. The molecular weight excluding hydrogens is 276 g/mol. The van der Waals surface area contributed by atoms with Crippen molar-refractivity contribution in [2.24, 2.45) is 4.99 Å². The number of nitrogens with zero attached hydrogens (tertiary/aromatic N) is 5. The molecule has 0 aromatic carbocycles. The van der Waals surface area contributed by atoms with Gasteiger partial charge in [0, 0.05) is 6.92 Å². The molecule has 2 aromatic heterocycles. The van der Waals surface area contributed by atoms with Crippen molar-refractivity contribution < 1.29 is 14.3 Å². The van der Waals surface area contributed by atoms with Crippen LogP contribution in [0.25, 0.3) is 11.2 Å². The van der Waals surface area contributed by atoms with Crippen molar-refractivity contribution in [2.75, 3.05) is 19.1 Å². The van der Waals surface area contributed by atoms with Crippen molar-refractivity contribution in [1.29, 1.82) is 0 Å². The van der Waals surface area contributed by atoms with Crippen LogP contribution in [0.5, 0.6) is 5.88 Å². The number of aryl methyl sites for hydroxylation is 1. The molecule has 0 aliphatic carbocycles. The predicted molar refractivity (Wildman–Crippen MR) is 76.1 cm³/mol. The van der Waals surface area contributed by atoms with Crippen molar-refractivity contribution in [3.63, 3.8) is 0 Å². The number of ether oxygens (including phenoxy) is 2. The fraction of sp³-hybridized carbons (Fsp3) is 0.417. The first kappa shape index (κ1) is 14.7. The Morgan fingerprint density at radius 2 is 2.24 bits per heavy atom. The maximum atomic E-state index is 11.8. The Morgan fingerprint density at radius 3 is 2.90 bits per heavy atom. The molecule has 0 atom stereocenters. The van der Waals surface area contributed by atoms with Gasteiger partial charge >= 0.3 is 6.03 Å². The summed E-state index contributed by atoms with van der Waals surface area (Å²) in [5.74, 6) is 1.15. The Balaban J connectivity index is 2.33. The number of hydrogen-bond acceptors (Lipinski definition) is 6. The van der Waals surface area contributed by atoms with Crippen molar-refractivity contribution in [2.45, 2.75) is 20.8 Å². The maximum Gasteiger partial charge on any atom is 0.363 e. The minimum Gasteiger partial charge on any atom is -0.481 e. The quantitative estimate of drug-likeness (QED) is 0.674. The number of hydrogen-bond donors (Lipinski definition) is 1. The Labute approximate surface area is 121 Å². The van der Waals surface area contributed by atoms with Gasteiger partial charge in [-0.15, -0.1) is 0 Å². The van der Waals surface area contributed by atoms with Gasteiger partial charge in [0.2, 0.25) is 5.88 Å². The molecule has 0 aliphatic rings. The third-order valence-electron chi connectivity index (χ3n) is 2.59. The average Bonchev–Trinajstić information content (AvgIpc) is 2.75. The van der Waals surface area contributed by atoms with E-state index in [1.54, 1.807) is 13.8 Å². The zero-order valence-electron chi connectivity index (χ0n) is 12.2. The molecule has 0 saturated carbocycles. The van der Waals surface area contributed by atoms with E-state index in [2.05, 4.69) is 25.4 Å². The van der Waals surface area contributed by atoms with E-state index in [4.69, 9.17) is 9.47 Å². The molecule has 0 bridgehead atoms. The van der Waals surface area contributed by atoms with Gasteiger partial charge in [0.05, 0.1) is 13.7 Å². The van der Waals surface area contributed by atoms with Crippen molar-refractivity contribution in [3.8, 4) is 5.88 Å². The van der Waals surface area contributed by atoms with E-state index in [0.717, 1.165) is 0 Å². The lowest BCUT2D eigenvalue weighted by molar-refractivity contribution is 0.255. The Kier molecular flexibility index (Phi) is 4.31. The largest absolute Gasteiger partial charge is 0.481 e. The fourth-order valence-electron chi connectivity index (χ4n) is 1.77. The molecule has 0 aliphatic heterocycles. The number of aliphatic imine (C=N–C) groups is 1. The zero-order valence-corrected chi connectivity index (χ0v) is 12.2. The van der Waals surface area contributed by atoms with Gasteiger partial charge in [-0.1, -0.05) is 0 Å². The molecule has 2 amide bonds. The van der Waals surface area contributed by atoms with E-state index in [9.17, 15) is 4.79 Å². The summed E-state index contributed by atoms with van der Waals surface area (Å²) in [6, 6.07) is -0.582. The molecule has 1 N–H and O–H groups in total. The van der Waals surface area contributed by atoms with Gasteiger partial charge in [0.25, 0.3) is 0 Å². The number of carbonyl (C=O) groups excluding carboxylic acids is 1. The molecule has 2 rings (SSSR count). The summed E-state index contributed by atoms with van der Waals surface area (Å²) >= 11 is 0. The van der Waals surface area contributed by atoms with Crippen LogP contribution in [0.15, 0.2) is 11.3 Å². The van der Waals surface area contributed by atoms with E-state index in [-0.39, 0.29) is 5.90 Å². The van der Waals surface area contributed by atoms with Crippen molar-refractivity contribution in [1.82, 2.24) is 19.6 Å². The number of aromatic nitrogens is 4. The van der Waals surface area contributed by atoms with Crippen LogP contribution in [0.4, 0.5) is 4.79 Å². The zero-order chi connectivity index (χ0) is 15.4. The number of fused-ring (bicyclic) bond motifs is 1. The van der Waals surface area contributed by atoms with Gasteiger partial charge in [0.15, 0.2) is 17.1 Å². The van der Waals surface area contributed by atoms with E-state index in [1.807, 2.05) is 6.92 Å². The van der Waals surface area contributed by atoms with Crippen LogP contribution >= 0.6 is 0 Å². The van der Waals surface area contributed by atoms with Crippen LogP contribution in [-0.2, 0) is 4.74 Å². The number of amides is 2. The normalized spacial score (nSPS) is 11.5. The summed E-state index contributed by atoms with van der Waals surface area (Å²) in [5.41, 5.74) is 3.46. The van der Waals surface area contributed by atoms with Crippen LogP contribution in [0, 0.1) is 6.92 Å². The molecule has 0 fully saturated rings. The minimum atomic E-state index is -0.582. The number of rotatable bonds is 3. The second-order valence-electron chi connectivity index (χ2n) is 4.03. The second kappa shape index (κ2) is 6.16. The molecule has 9 nitrogen and oxygen atoms in total. The highest BCUT2D eigenvalue weighted by molar-refractivity contribution is 5.94. The lowest BCUT2D eigenvalue weighted by Crippen LogP contribution is -2.22. The van der Waals surface area contributed by atoms with Crippen molar-refractivity contribution in [3.05, 3.63) is 12.2 Å². The third kappa shape index (κ3) is 3.07. The molecule has 0 saturated heterocycles. The summed E-state index contributed by atoms with van der Waals surface area (Å²) in [5, 5.41) is 0. The Bertz CT molecular complexity index is 694. The summed E-state index contributed by atoms with van der Waals surface area (Å²) in [6.07, 6.45) is 1.33. The van der Waals surface area contributed by atoms with Crippen LogP contribution in [0.2, 0.25) is 0 Å². The van der Waals surface area contributed by atoms with Crippen LogP contribution in [0.1, 0.15) is 19.7 Å². The first-order chi connectivity index (χ1) is 10.1. The van der Waals surface area contributed by atoms with Crippen molar-refractivity contribution >= 4 is 23.1 Å². The van der Waals surface area contributed by atoms with E-state index in [0.29, 0.717) is 29.5 Å². The summed E-state index contributed by atoms with van der Waals surface area (Å²) in [4.78, 5) is 27.9. The molecule has 112 valence electrons. The number of imidazole rings is 1. The first-order valence-electron chi connectivity index (χ1n) is 6.30. The predicted octanol–water partition coefficient (Wildman–Crippen LogP) is 1.26. The molecule has 9 heteroatoms. The van der Waals surface area contributed by atoms with Gasteiger partial charge in [-0.2, -0.15) is 9.98 Å². The van der Waals surface area contributed by atoms with Gasteiger partial charge in [0.1, 0.15) is 12.2 Å². The van der Waals surface area contributed by atoms with Gasteiger partial charge in [-0.05, 0) is 13.8 Å². The highest BCUT2D eigenvalue weighted by Gasteiger charge is 2.15. The van der Waals surface area contributed by atoms with Crippen LogP contribution < -0.4 is 10.2 Å². The summed E-state index contributed by atoms with van der Waals surface area (Å²) < 4.78 is 11.6. The smallest absolute Gasteiger partial charge is 0.363 e. The third-order valence-corrected chi connectivity index (χ3v) is 2.59. The molecule has 0 unspecified atom stereocenters. The number of carbonyl (C=O) groups is 1. The minimum absolute atomic E-state index is 0.282. The first-order valence-corrected chi connectivity index (χ1v) is 6.30. The number of methoxy groups -OCH3 is 1. The van der Waals surface area contributed by atoms with Crippen LogP contribution in [-0.4, -0.2) is 45.3 Å². The topological polar surface area (TPSA) is 104 Å². The van der Waals surface area contributed by atoms with E-state index < -0.39 is 6.03 Å². The second-order valence-corrected chi connectivity index (χ2v) is 4.03. The summed E-state index contributed by atoms with van der Waals surface area (Å²) in [6.45, 7) is 5.58. The highest BCUT2D eigenvalue weighted by atomic mass is 16.5. The van der Waals surface area contributed by atoms with Gasteiger partial charge in [-0.3, -0.25) is 0 Å². The number of urea groups is 1. The number of nitrogens with one attached hydrogen (secondary N) is 1. The van der Waals surface area contributed by atoms with E-state index >= 15 is 0 Å². The van der Waals surface area contributed by atoms with Gasteiger partial charge < -0.3 is 9.47 Å². The Hall–Kier alpha value is -2.71. The lowest BCUT2D eigenvalue weighted by atomic mass is 10.5. The standard InChI is InChI=1S/C12H16N6O3/c1-5-21-8(3)16-12(19)17-18-7(2)15-9-10(18)13-6-14-11(9)20-4/h6H,5H2,1-4H3,(H,17,19).